The molecule has 7 rings (SSSR count). The van der Waals surface area contributed by atoms with Gasteiger partial charge in [0.05, 0.1) is 41.8 Å². The average molecular weight is 583 g/mol. The number of carbonyl (C=O) groups is 1. The van der Waals surface area contributed by atoms with Crippen LogP contribution in [0.1, 0.15) is 31.7 Å². The van der Waals surface area contributed by atoms with Gasteiger partial charge in [0, 0.05) is 69.7 Å². The molecule has 2 bridgehead atoms. The molecule has 0 aromatic carbocycles. The van der Waals surface area contributed by atoms with E-state index in [1.54, 1.807) is 15.4 Å². The summed E-state index contributed by atoms with van der Waals surface area (Å²) in [5, 5.41) is 27.0. The number of nitrogens with one attached hydrogen (secondary N) is 1. The normalized spacial score (nSPS) is 24.0. The maximum absolute atomic E-state index is 12.7. The molecule has 43 heavy (non-hydrogen) atoms. The smallest absolute Gasteiger partial charge is 0.247 e. The summed E-state index contributed by atoms with van der Waals surface area (Å²) in [7, 11) is 2.08. The van der Waals surface area contributed by atoms with Crippen LogP contribution in [0.15, 0.2) is 43.1 Å². The number of pyridine rings is 1. The van der Waals surface area contributed by atoms with E-state index in [1.807, 2.05) is 29.6 Å². The maximum atomic E-state index is 12.7. The van der Waals surface area contributed by atoms with Crippen LogP contribution in [-0.2, 0) is 23.3 Å². The Morgan fingerprint density at radius 3 is 2.63 bits per heavy atom. The number of carbonyl (C=O) groups excluding carboxylic acids is 1. The molecule has 0 spiro atoms. The first-order chi connectivity index (χ1) is 21.0. The van der Waals surface area contributed by atoms with Crippen LogP contribution < -0.4 is 10.2 Å². The molecule has 0 unspecified atom stereocenters. The van der Waals surface area contributed by atoms with Gasteiger partial charge in [-0.05, 0) is 44.0 Å². The number of rotatable bonds is 8. The van der Waals surface area contributed by atoms with E-state index < -0.39 is 0 Å². The van der Waals surface area contributed by atoms with Gasteiger partial charge in [0.1, 0.15) is 6.54 Å². The van der Waals surface area contributed by atoms with Crippen molar-refractivity contribution in [1.29, 1.82) is 5.26 Å². The highest BCUT2D eigenvalue weighted by atomic mass is 16.2. The van der Waals surface area contributed by atoms with Crippen LogP contribution in [0.3, 0.4) is 0 Å². The number of anilines is 3. The molecule has 3 atom stereocenters. The van der Waals surface area contributed by atoms with Crippen LogP contribution in [0.4, 0.5) is 17.3 Å². The van der Waals surface area contributed by atoms with E-state index in [0.717, 1.165) is 75.6 Å². The predicted molar refractivity (Wildman–Crippen MR) is 161 cm³/mol. The minimum absolute atomic E-state index is 0.0749. The van der Waals surface area contributed by atoms with Crippen LogP contribution in [0.25, 0.3) is 5.65 Å². The van der Waals surface area contributed by atoms with E-state index in [4.69, 9.17) is 10.1 Å². The minimum Gasteiger partial charge on any atom is -0.368 e. The Labute approximate surface area is 250 Å². The van der Waals surface area contributed by atoms with Gasteiger partial charge < -0.3 is 20.0 Å². The molecular weight excluding hydrogens is 544 g/mol. The molecule has 13 heteroatoms. The van der Waals surface area contributed by atoms with Crippen LogP contribution in [0.5, 0.6) is 0 Å². The van der Waals surface area contributed by atoms with Crippen molar-refractivity contribution in [3.05, 3.63) is 48.7 Å². The van der Waals surface area contributed by atoms with E-state index in [-0.39, 0.29) is 18.0 Å². The van der Waals surface area contributed by atoms with Crippen LogP contribution in [0.2, 0.25) is 0 Å². The number of piperazine rings is 1. The maximum Gasteiger partial charge on any atom is 0.247 e. The number of nitriles is 1. The Hall–Kier alpha value is -4.44. The minimum atomic E-state index is -0.268. The molecule has 1 saturated carbocycles. The van der Waals surface area contributed by atoms with Crippen molar-refractivity contribution in [2.75, 3.05) is 56.5 Å². The van der Waals surface area contributed by atoms with Crippen molar-refractivity contribution in [3.8, 4) is 6.07 Å². The van der Waals surface area contributed by atoms with Crippen molar-refractivity contribution in [2.24, 2.45) is 11.8 Å². The molecule has 0 radical (unpaired) electrons. The quantitative estimate of drug-likeness (QED) is 0.333. The lowest BCUT2D eigenvalue weighted by Gasteiger charge is -2.47. The first-order valence-corrected chi connectivity index (χ1v) is 15.2. The number of aryl methyl sites for hydroxylation is 1. The monoisotopic (exact) mass is 582 g/mol. The van der Waals surface area contributed by atoms with E-state index >= 15 is 0 Å². The lowest BCUT2D eigenvalue weighted by molar-refractivity contribution is -0.133. The van der Waals surface area contributed by atoms with Gasteiger partial charge in [-0.2, -0.15) is 20.4 Å². The van der Waals surface area contributed by atoms with Crippen LogP contribution in [0, 0.1) is 23.2 Å². The highest BCUT2D eigenvalue weighted by Gasteiger charge is 2.56. The van der Waals surface area contributed by atoms with Crippen molar-refractivity contribution >= 4 is 28.9 Å². The number of aromatic nitrogens is 7. The summed E-state index contributed by atoms with van der Waals surface area (Å²) in [6.07, 6.45) is 13.1. The molecular formula is C30H38N12O. The molecule has 6 heterocycles. The van der Waals surface area contributed by atoms with Crippen molar-refractivity contribution < 1.29 is 4.79 Å². The third kappa shape index (κ3) is 4.89. The summed E-state index contributed by atoms with van der Waals surface area (Å²) in [5.74, 6) is 1.18. The highest BCUT2D eigenvalue weighted by molar-refractivity contribution is 5.76. The zero-order chi connectivity index (χ0) is 29.6. The second-order valence-corrected chi connectivity index (χ2v) is 12.2. The molecule has 13 nitrogen and oxygen atoms in total. The van der Waals surface area contributed by atoms with E-state index in [0.29, 0.717) is 24.2 Å². The second kappa shape index (κ2) is 11.0. The van der Waals surface area contributed by atoms with Gasteiger partial charge in [-0.15, -0.1) is 5.10 Å². The fourth-order valence-electron chi connectivity index (χ4n) is 7.31. The van der Waals surface area contributed by atoms with E-state index in [1.165, 1.54) is 5.56 Å². The Kier molecular flexibility index (Phi) is 7.01. The van der Waals surface area contributed by atoms with Gasteiger partial charge in [0.15, 0.2) is 5.65 Å². The Balaban J connectivity index is 1.07. The zero-order valence-corrected chi connectivity index (χ0v) is 24.8. The third-order valence-electron chi connectivity index (χ3n) is 9.72. The van der Waals surface area contributed by atoms with Gasteiger partial charge >= 0.3 is 0 Å². The van der Waals surface area contributed by atoms with Gasteiger partial charge in [-0.25, -0.2) is 4.52 Å². The van der Waals surface area contributed by atoms with Crippen molar-refractivity contribution in [2.45, 2.75) is 44.7 Å². The average Bonchev–Trinajstić information content (AvgIpc) is 3.79. The molecule has 224 valence electrons. The van der Waals surface area contributed by atoms with E-state index in [9.17, 15) is 10.1 Å². The third-order valence-corrected chi connectivity index (χ3v) is 9.72. The van der Waals surface area contributed by atoms with Gasteiger partial charge in [-0.3, -0.25) is 14.2 Å². The second-order valence-electron chi connectivity index (χ2n) is 12.2. The molecule has 4 aromatic heterocycles. The summed E-state index contributed by atoms with van der Waals surface area (Å²) in [4.78, 5) is 24.1. The summed E-state index contributed by atoms with van der Waals surface area (Å²) in [6.45, 7) is 7.29. The summed E-state index contributed by atoms with van der Waals surface area (Å²) in [5.41, 5.74) is 3.48. The van der Waals surface area contributed by atoms with Gasteiger partial charge in [0.25, 0.3) is 0 Å². The van der Waals surface area contributed by atoms with Gasteiger partial charge in [-0.1, -0.05) is 6.92 Å². The molecule has 4 aromatic rings. The van der Waals surface area contributed by atoms with Crippen LogP contribution >= 0.6 is 0 Å². The number of likely N-dealkylation sites (N-methyl/N-ethyl adjacent to an activating group) is 1. The SMILES string of the molecule is CCc1cnn([C@@]2(CC#N)[C@@H]3CC[C@H]2CN(c2cccn4nc(Nc5cnn(CC(=O)N6CCN(C)CC6)c5)nc24)C3)c1. The Morgan fingerprint density at radius 1 is 1.12 bits per heavy atom. The predicted octanol–water partition coefficient (Wildman–Crippen LogP) is 2.36. The molecule has 3 aliphatic rings. The van der Waals surface area contributed by atoms with Crippen molar-refractivity contribution in [1.82, 2.24) is 44.0 Å². The molecule has 2 aliphatic heterocycles. The topological polar surface area (TPSA) is 128 Å². The number of piperidine rings is 1. The summed E-state index contributed by atoms with van der Waals surface area (Å²) in [6, 6.07) is 6.61. The van der Waals surface area contributed by atoms with Crippen molar-refractivity contribution in [3.63, 3.8) is 0 Å². The number of hydrogen-bond acceptors (Lipinski definition) is 9. The Morgan fingerprint density at radius 2 is 1.91 bits per heavy atom. The summed E-state index contributed by atoms with van der Waals surface area (Å²) >= 11 is 0. The molecule has 1 aliphatic carbocycles. The zero-order valence-electron chi connectivity index (χ0n) is 24.8. The molecule has 3 fully saturated rings. The number of nitrogens with zero attached hydrogens (tertiary/aromatic N) is 11. The number of hydrogen-bond donors (Lipinski definition) is 1. The molecule has 2 saturated heterocycles. The van der Waals surface area contributed by atoms with Gasteiger partial charge in [0.2, 0.25) is 11.9 Å². The molecule has 1 amide bonds. The highest BCUT2D eigenvalue weighted by Crippen LogP contribution is 2.52. The number of amides is 1. The Bertz CT molecular complexity index is 1640. The fourth-order valence-corrected chi connectivity index (χ4v) is 7.31. The molecule has 1 N–H and O–H groups in total. The first-order valence-electron chi connectivity index (χ1n) is 15.2. The standard InChI is InChI=1S/C30H38N12O/c1-3-22-15-33-42(17-22)30(8-9-31)23-6-7-24(30)19-39(18-23)26-5-4-10-41-28(26)35-29(36-41)34-25-16-32-40(20-25)21-27(43)38-13-11-37(2)12-14-38/h4-5,10,15-17,20,23-24H,3,6-8,11-14,18-19,21H2,1-2H3,(H,34,36)/t23-,24+,30+. The largest absolute Gasteiger partial charge is 0.368 e. The van der Waals surface area contributed by atoms with E-state index in [2.05, 4.69) is 62.3 Å². The van der Waals surface area contributed by atoms with Crippen LogP contribution in [-0.4, -0.2) is 96.2 Å². The first kappa shape index (κ1) is 27.4. The number of fused-ring (bicyclic) bond motifs is 3. The lowest BCUT2D eigenvalue weighted by atomic mass is 9.74. The fraction of sp³-hybridized carbons (Fsp3) is 0.533. The lowest BCUT2D eigenvalue weighted by Crippen LogP contribution is -2.55. The summed E-state index contributed by atoms with van der Waals surface area (Å²) < 4.78 is 5.58.